The minimum absolute atomic E-state index is 0.143. The van der Waals surface area contributed by atoms with Gasteiger partial charge in [0, 0.05) is 22.2 Å². The Labute approximate surface area is 180 Å². The number of nitrogens with zero attached hydrogens (tertiary/aromatic N) is 2. The standard InChI is InChI=1S/C22H17N3O3S2/c1-12(30-22-14-7-8-29-21(14)23-11-24-22)20(26)25-16-10-18-15(9-19(16)27-2)13-5-3-4-6-17(13)28-18/h3-12H,1-2H3,(H,25,26). The fraction of sp³-hybridized carbons (Fsp3) is 0.136. The molecule has 0 saturated carbocycles. The number of benzene rings is 2. The molecule has 8 heteroatoms. The number of fused-ring (bicyclic) bond motifs is 4. The van der Waals surface area contributed by atoms with Gasteiger partial charge < -0.3 is 14.5 Å². The monoisotopic (exact) mass is 435 g/mol. The Morgan fingerprint density at radius 3 is 2.87 bits per heavy atom. The van der Waals surface area contributed by atoms with Gasteiger partial charge in [0.25, 0.3) is 0 Å². The van der Waals surface area contributed by atoms with Crippen LogP contribution in [0.15, 0.2) is 63.6 Å². The van der Waals surface area contributed by atoms with Crippen molar-refractivity contribution in [1.82, 2.24) is 9.97 Å². The Balaban J connectivity index is 1.43. The largest absolute Gasteiger partial charge is 0.495 e. The molecule has 3 aromatic heterocycles. The van der Waals surface area contributed by atoms with Gasteiger partial charge in [0.1, 0.15) is 33.1 Å². The molecule has 5 aromatic rings. The second kappa shape index (κ2) is 7.62. The molecule has 1 amide bonds. The van der Waals surface area contributed by atoms with Crippen molar-refractivity contribution in [2.24, 2.45) is 0 Å². The van der Waals surface area contributed by atoms with Crippen LogP contribution in [0.3, 0.4) is 0 Å². The number of ether oxygens (including phenoxy) is 1. The van der Waals surface area contributed by atoms with Crippen molar-refractivity contribution in [1.29, 1.82) is 0 Å². The molecular formula is C22H17N3O3S2. The molecule has 0 saturated heterocycles. The van der Waals surface area contributed by atoms with E-state index in [9.17, 15) is 4.79 Å². The fourth-order valence-corrected chi connectivity index (χ4v) is 5.03. The van der Waals surface area contributed by atoms with E-state index in [1.54, 1.807) is 18.4 Å². The van der Waals surface area contributed by atoms with Gasteiger partial charge in [0.2, 0.25) is 5.91 Å². The maximum absolute atomic E-state index is 12.9. The highest BCUT2D eigenvalue weighted by atomic mass is 32.2. The van der Waals surface area contributed by atoms with Crippen LogP contribution in [0, 0.1) is 0 Å². The molecule has 3 heterocycles. The van der Waals surface area contributed by atoms with Crippen molar-refractivity contribution in [3.8, 4) is 5.75 Å². The van der Waals surface area contributed by atoms with Crippen LogP contribution in [-0.2, 0) is 4.79 Å². The van der Waals surface area contributed by atoms with Gasteiger partial charge in [0.15, 0.2) is 0 Å². The smallest absolute Gasteiger partial charge is 0.237 e. The van der Waals surface area contributed by atoms with Gasteiger partial charge in [-0.05, 0) is 30.5 Å². The number of aromatic nitrogens is 2. The molecule has 5 rings (SSSR count). The average Bonchev–Trinajstić information content (AvgIpc) is 3.37. The van der Waals surface area contributed by atoms with E-state index >= 15 is 0 Å². The molecule has 0 fully saturated rings. The number of thiophene rings is 1. The predicted octanol–water partition coefficient (Wildman–Crippen LogP) is 5.72. The Morgan fingerprint density at radius 1 is 1.13 bits per heavy atom. The lowest BCUT2D eigenvalue weighted by molar-refractivity contribution is -0.115. The topological polar surface area (TPSA) is 77.2 Å². The summed E-state index contributed by atoms with van der Waals surface area (Å²) >= 11 is 2.96. The van der Waals surface area contributed by atoms with E-state index in [2.05, 4.69) is 15.3 Å². The van der Waals surface area contributed by atoms with E-state index in [0.717, 1.165) is 31.6 Å². The number of rotatable bonds is 5. The zero-order valence-corrected chi connectivity index (χ0v) is 17.8. The first-order chi connectivity index (χ1) is 14.6. The van der Waals surface area contributed by atoms with Crippen LogP contribution in [-0.4, -0.2) is 28.2 Å². The van der Waals surface area contributed by atoms with E-state index in [1.165, 1.54) is 18.1 Å². The van der Waals surface area contributed by atoms with Crippen LogP contribution in [0.5, 0.6) is 5.75 Å². The summed E-state index contributed by atoms with van der Waals surface area (Å²) in [5.41, 5.74) is 2.07. The number of para-hydroxylation sites is 1. The second-order valence-corrected chi connectivity index (χ2v) is 8.94. The molecule has 6 nitrogen and oxygen atoms in total. The number of hydrogen-bond acceptors (Lipinski definition) is 7. The van der Waals surface area contributed by atoms with Gasteiger partial charge in [-0.3, -0.25) is 4.79 Å². The second-order valence-electron chi connectivity index (χ2n) is 6.71. The van der Waals surface area contributed by atoms with Crippen LogP contribution in [0.1, 0.15) is 6.92 Å². The van der Waals surface area contributed by atoms with Gasteiger partial charge >= 0.3 is 0 Å². The van der Waals surface area contributed by atoms with Crippen LogP contribution in [0.2, 0.25) is 0 Å². The molecule has 0 aliphatic rings. The summed E-state index contributed by atoms with van der Waals surface area (Å²) in [6.07, 6.45) is 1.53. The summed E-state index contributed by atoms with van der Waals surface area (Å²) < 4.78 is 11.5. The van der Waals surface area contributed by atoms with Crippen LogP contribution >= 0.6 is 23.1 Å². The molecule has 1 unspecified atom stereocenters. The normalized spacial score (nSPS) is 12.5. The lowest BCUT2D eigenvalue weighted by Crippen LogP contribution is -2.22. The summed E-state index contributed by atoms with van der Waals surface area (Å²) in [4.78, 5) is 22.4. The van der Waals surface area contributed by atoms with E-state index in [4.69, 9.17) is 9.15 Å². The van der Waals surface area contributed by atoms with Crippen molar-refractivity contribution in [3.05, 3.63) is 54.2 Å². The Morgan fingerprint density at radius 2 is 2.00 bits per heavy atom. The maximum Gasteiger partial charge on any atom is 0.237 e. The Bertz CT molecular complexity index is 1390. The summed E-state index contributed by atoms with van der Waals surface area (Å²) in [6.45, 7) is 1.85. The van der Waals surface area contributed by atoms with Gasteiger partial charge in [-0.25, -0.2) is 9.97 Å². The number of carbonyl (C=O) groups is 1. The first-order valence-electron chi connectivity index (χ1n) is 9.29. The summed E-state index contributed by atoms with van der Waals surface area (Å²) in [5, 5.41) is 8.31. The maximum atomic E-state index is 12.9. The molecule has 1 N–H and O–H groups in total. The van der Waals surface area contributed by atoms with Gasteiger partial charge in [-0.1, -0.05) is 30.0 Å². The van der Waals surface area contributed by atoms with Crippen molar-refractivity contribution >= 4 is 66.8 Å². The minimum Gasteiger partial charge on any atom is -0.495 e. The third-order valence-corrected chi connectivity index (χ3v) is 6.78. The third kappa shape index (κ3) is 3.28. The van der Waals surface area contributed by atoms with E-state index < -0.39 is 0 Å². The molecular weight excluding hydrogens is 418 g/mol. The van der Waals surface area contributed by atoms with Gasteiger partial charge in [0.05, 0.1) is 18.0 Å². The molecule has 1 atom stereocenters. The molecule has 0 bridgehead atoms. The highest BCUT2D eigenvalue weighted by Crippen LogP contribution is 2.37. The number of amides is 1. The van der Waals surface area contributed by atoms with Crippen LogP contribution in [0.25, 0.3) is 32.2 Å². The number of nitrogens with one attached hydrogen (secondary N) is 1. The lowest BCUT2D eigenvalue weighted by atomic mass is 10.1. The predicted molar refractivity (Wildman–Crippen MR) is 122 cm³/mol. The first-order valence-corrected chi connectivity index (χ1v) is 11.0. The Hall–Kier alpha value is -3.10. The average molecular weight is 436 g/mol. The molecule has 150 valence electrons. The highest BCUT2D eigenvalue weighted by molar-refractivity contribution is 8.00. The molecule has 0 aliphatic carbocycles. The number of carbonyl (C=O) groups excluding carboxylic acids is 1. The van der Waals surface area contributed by atoms with Crippen LogP contribution < -0.4 is 10.1 Å². The zero-order chi connectivity index (χ0) is 20.7. The van der Waals surface area contributed by atoms with E-state index in [-0.39, 0.29) is 11.2 Å². The highest BCUT2D eigenvalue weighted by Gasteiger charge is 2.20. The van der Waals surface area contributed by atoms with Crippen molar-refractivity contribution in [2.75, 3.05) is 12.4 Å². The quantitative estimate of drug-likeness (QED) is 0.281. The molecule has 0 radical (unpaired) electrons. The van der Waals surface area contributed by atoms with Gasteiger partial charge in [-0.15, -0.1) is 11.3 Å². The molecule has 0 spiro atoms. The van der Waals surface area contributed by atoms with E-state index in [0.29, 0.717) is 17.0 Å². The molecule has 2 aromatic carbocycles. The van der Waals surface area contributed by atoms with Crippen molar-refractivity contribution in [2.45, 2.75) is 17.2 Å². The number of anilines is 1. The van der Waals surface area contributed by atoms with Crippen LogP contribution in [0.4, 0.5) is 5.69 Å². The fourth-order valence-electron chi connectivity index (χ4n) is 3.33. The summed E-state index contributed by atoms with van der Waals surface area (Å²) in [7, 11) is 1.59. The number of hydrogen-bond donors (Lipinski definition) is 1. The summed E-state index contributed by atoms with van der Waals surface area (Å²) in [6, 6.07) is 13.5. The number of furan rings is 1. The third-order valence-electron chi connectivity index (χ3n) is 4.84. The number of methoxy groups -OCH3 is 1. The molecule has 0 aliphatic heterocycles. The Kier molecular flexibility index (Phi) is 4.80. The first kappa shape index (κ1) is 18.9. The van der Waals surface area contributed by atoms with Crippen molar-refractivity contribution < 1.29 is 13.9 Å². The van der Waals surface area contributed by atoms with E-state index in [1.807, 2.05) is 54.8 Å². The lowest BCUT2D eigenvalue weighted by Gasteiger charge is -2.14. The minimum atomic E-state index is -0.362. The SMILES string of the molecule is COc1cc2c(cc1NC(=O)C(C)Sc1ncnc3sccc13)oc1ccccc12. The van der Waals surface area contributed by atoms with Gasteiger partial charge in [-0.2, -0.15) is 0 Å². The zero-order valence-electron chi connectivity index (χ0n) is 16.2. The number of thioether (sulfide) groups is 1. The molecule has 30 heavy (non-hydrogen) atoms. The van der Waals surface area contributed by atoms with Crippen molar-refractivity contribution in [3.63, 3.8) is 0 Å². The summed E-state index contributed by atoms with van der Waals surface area (Å²) in [5.74, 6) is 0.442.